The van der Waals surface area contributed by atoms with Crippen LogP contribution in [0.2, 0.25) is 0 Å². The van der Waals surface area contributed by atoms with E-state index in [2.05, 4.69) is 5.32 Å². The van der Waals surface area contributed by atoms with Crippen molar-refractivity contribution in [3.05, 3.63) is 35.9 Å². The highest BCUT2D eigenvalue weighted by atomic mass is 16.2. The summed E-state index contributed by atoms with van der Waals surface area (Å²) >= 11 is 0. The van der Waals surface area contributed by atoms with Gasteiger partial charge in [0.2, 0.25) is 11.8 Å². The molecule has 0 aliphatic carbocycles. The average Bonchev–Trinajstić information content (AvgIpc) is 2.38. The summed E-state index contributed by atoms with van der Waals surface area (Å²) in [5.41, 5.74) is 11.0. The second-order valence-corrected chi connectivity index (χ2v) is 5.16. The summed E-state index contributed by atoms with van der Waals surface area (Å²) in [6.45, 7) is 3.79. The number of benzene rings is 1. The lowest BCUT2D eigenvalue weighted by Gasteiger charge is -2.23. The first-order chi connectivity index (χ1) is 8.88. The second-order valence-electron chi connectivity index (χ2n) is 5.16. The largest absolute Gasteiger partial charge is 0.369 e. The Hall–Kier alpha value is -1.88. The zero-order valence-corrected chi connectivity index (χ0v) is 11.3. The first-order valence-corrected chi connectivity index (χ1v) is 6.21. The molecule has 1 unspecified atom stereocenters. The molecule has 0 saturated heterocycles. The SMILES string of the molecule is CC(C)(CNC(=O)C(CN)c1ccccc1)C(N)=O. The van der Waals surface area contributed by atoms with Gasteiger partial charge in [-0.25, -0.2) is 0 Å². The number of hydrogen-bond acceptors (Lipinski definition) is 3. The molecule has 1 aromatic carbocycles. The van der Waals surface area contributed by atoms with Gasteiger partial charge in [0.05, 0.1) is 11.3 Å². The van der Waals surface area contributed by atoms with Crippen molar-refractivity contribution in [2.24, 2.45) is 16.9 Å². The maximum atomic E-state index is 12.1. The molecule has 0 radical (unpaired) electrons. The number of carbonyl (C=O) groups is 2. The summed E-state index contributed by atoms with van der Waals surface area (Å²) in [7, 11) is 0. The fraction of sp³-hybridized carbons (Fsp3) is 0.429. The van der Waals surface area contributed by atoms with Crippen LogP contribution in [-0.4, -0.2) is 24.9 Å². The Morgan fingerprint density at radius 3 is 2.32 bits per heavy atom. The molecule has 5 heteroatoms. The monoisotopic (exact) mass is 263 g/mol. The van der Waals surface area contributed by atoms with Crippen LogP contribution < -0.4 is 16.8 Å². The van der Waals surface area contributed by atoms with E-state index in [1.165, 1.54) is 0 Å². The molecule has 0 heterocycles. The van der Waals surface area contributed by atoms with Crippen molar-refractivity contribution in [2.45, 2.75) is 19.8 Å². The Labute approximate surface area is 113 Å². The Morgan fingerprint density at radius 2 is 1.84 bits per heavy atom. The molecule has 1 rings (SSSR count). The van der Waals surface area contributed by atoms with Crippen LogP contribution in [0.1, 0.15) is 25.3 Å². The van der Waals surface area contributed by atoms with Crippen molar-refractivity contribution >= 4 is 11.8 Å². The number of hydrogen-bond donors (Lipinski definition) is 3. The normalized spacial score (nSPS) is 12.8. The minimum atomic E-state index is -0.772. The third kappa shape index (κ3) is 4.06. The van der Waals surface area contributed by atoms with Crippen LogP contribution in [0.3, 0.4) is 0 Å². The van der Waals surface area contributed by atoms with Crippen LogP contribution in [0.4, 0.5) is 0 Å². The number of nitrogens with one attached hydrogen (secondary N) is 1. The predicted octanol–water partition coefficient (Wildman–Crippen LogP) is 0.357. The number of amides is 2. The minimum absolute atomic E-state index is 0.192. The van der Waals surface area contributed by atoms with E-state index in [0.717, 1.165) is 5.56 Å². The summed E-state index contributed by atoms with van der Waals surface area (Å²) in [4.78, 5) is 23.3. The van der Waals surface area contributed by atoms with Crippen molar-refractivity contribution < 1.29 is 9.59 Å². The molecule has 5 N–H and O–H groups in total. The van der Waals surface area contributed by atoms with E-state index in [1.54, 1.807) is 13.8 Å². The van der Waals surface area contributed by atoms with E-state index in [1.807, 2.05) is 30.3 Å². The Balaban J connectivity index is 2.69. The van der Waals surface area contributed by atoms with Gasteiger partial charge < -0.3 is 16.8 Å². The predicted molar refractivity (Wildman–Crippen MR) is 74.2 cm³/mol. The van der Waals surface area contributed by atoms with Gasteiger partial charge in [-0.15, -0.1) is 0 Å². The molecule has 0 bridgehead atoms. The van der Waals surface area contributed by atoms with Crippen LogP contribution in [0.25, 0.3) is 0 Å². The Kier molecular flexibility index (Phi) is 5.06. The zero-order valence-electron chi connectivity index (χ0n) is 11.3. The summed E-state index contributed by atoms with van der Waals surface area (Å²) < 4.78 is 0. The molecule has 19 heavy (non-hydrogen) atoms. The number of nitrogens with two attached hydrogens (primary N) is 2. The molecule has 0 saturated carbocycles. The Morgan fingerprint density at radius 1 is 1.26 bits per heavy atom. The van der Waals surface area contributed by atoms with Crippen LogP contribution in [-0.2, 0) is 9.59 Å². The van der Waals surface area contributed by atoms with Gasteiger partial charge in [-0.05, 0) is 19.4 Å². The lowest BCUT2D eigenvalue weighted by molar-refractivity contribution is -0.127. The van der Waals surface area contributed by atoms with Crippen molar-refractivity contribution in [3.8, 4) is 0 Å². The van der Waals surface area contributed by atoms with Crippen molar-refractivity contribution in [1.82, 2.24) is 5.32 Å². The molecule has 1 atom stereocenters. The van der Waals surface area contributed by atoms with E-state index in [0.29, 0.717) is 0 Å². The van der Waals surface area contributed by atoms with Gasteiger partial charge in [-0.1, -0.05) is 30.3 Å². The van der Waals surface area contributed by atoms with Crippen molar-refractivity contribution in [3.63, 3.8) is 0 Å². The highest BCUT2D eigenvalue weighted by Gasteiger charge is 2.27. The van der Waals surface area contributed by atoms with E-state index in [-0.39, 0.29) is 19.0 Å². The standard InChI is InChI=1S/C14H21N3O2/c1-14(2,13(16)19)9-17-12(18)11(8-15)10-6-4-3-5-7-10/h3-7,11H,8-9,15H2,1-2H3,(H2,16,19)(H,17,18). The van der Waals surface area contributed by atoms with E-state index in [4.69, 9.17) is 11.5 Å². The zero-order chi connectivity index (χ0) is 14.5. The van der Waals surface area contributed by atoms with Crippen LogP contribution >= 0.6 is 0 Å². The second kappa shape index (κ2) is 6.33. The summed E-state index contributed by atoms with van der Waals surface area (Å²) in [5, 5.41) is 2.73. The van der Waals surface area contributed by atoms with Gasteiger partial charge in [0.15, 0.2) is 0 Å². The Bertz CT molecular complexity index is 443. The highest BCUT2D eigenvalue weighted by Crippen LogP contribution is 2.16. The van der Waals surface area contributed by atoms with Crippen molar-refractivity contribution in [2.75, 3.05) is 13.1 Å². The first-order valence-electron chi connectivity index (χ1n) is 6.21. The summed E-state index contributed by atoms with van der Waals surface area (Å²) in [6.07, 6.45) is 0. The third-order valence-corrected chi connectivity index (χ3v) is 3.13. The smallest absolute Gasteiger partial charge is 0.228 e. The maximum absolute atomic E-state index is 12.1. The molecule has 0 spiro atoms. The third-order valence-electron chi connectivity index (χ3n) is 3.13. The molecular formula is C14H21N3O2. The van der Waals surface area contributed by atoms with Crippen molar-refractivity contribution in [1.29, 1.82) is 0 Å². The molecule has 5 nitrogen and oxygen atoms in total. The van der Waals surface area contributed by atoms with Gasteiger partial charge in [0.25, 0.3) is 0 Å². The molecule has 0 aliphatic rings. The van der Waals surface area contributed by atoms with Gasteiger partial charge in [0, 0.05) is 13.1 Å². The quantitative estimate of drug-likeness (QED) is 0.691. The molecule has 104 valence electrons. The lowest BCUT2D eigenvalue weighted by atomic mass is 9.92. The average molecular weight is 263 g/mol. The van der Waals surface area contributed by atoms with Gasteiger partial charge in [-0.3, -0.25) is 9.59 Å². The van der Waals surface area contributed by atoms with E-state index >= 15 is 0 Å². The topological polar surface area (TPSA) is 98.2 Å². The van der Waals surface area contributed by atoms with Crippen LogP contribution in [0, 0.1) is 5.41 Å². The van der Waals surface area contributed by atoms with Gasteiger partial charge in [0.1, 0.15) is 0 Å². The summed E-state index contributed by atoms with van der Waals surface area (Å²) in [5.74, 6) is -1.05. The lowest BCUT2D eigenvalue weighted by Crippen LogP contribution is -2.44. The number of primary amides is 1. The van der Waals surface area contributed by atoms with E-state index < -0.39 is 17.2 Å². The molecular weight excluding hydrogens is 242 g/mol. The first kappa shape index (κ1) is 15.2. The fourth-order valence-corrected chi connectivity index (χ4v) is 1.60. The molecule has 0 aliphatic heterocycles. The van der Waals surface area contributed by atoms with Gasteiger partial charge >= 0.3 is 0 Å². The van der Waals surface area contributed by atoms with Gasteiger partial charge in [-0.2, -0.15) is 0 Å². The number of rotatable bonds is 6. The molecule has 0 fully saturated rings. The highest BCUT2D eigenvalue weighted by molar-refractivity contribution is 5.85. The summed E-state index contributed by atoms with van der Waals surface area (Å²) in [6, 6.07) is 9.31. The molecule has 1 aromatic rings. The number of carbonyl (C=O) groups excluding carboxylic acids is 2. The van der Waals surface area contributed by atoms with Crippen LogP contribution in [0.5, 0.6) is 0 Å². The molecule has 2 amide bonds. The maximum Gasteiger partial charge on any atom is 0.228 e. The fourth-order valence-electron chi connectivity index (χ4n) is 1.60. The minimum Gasteiger partial charge on any atom is -0.369 e. The molecule has 0 aromatic heterocycles. The van der Waals surface area contributed by atoms with E-state index in [9.17, 15) is 9.59 Å². The van der Waals surface area contributed by atoms with Crippen LogP contribution in [0.15, 0.2) is 30.3 Å².